The van der Waals surface area contributed by atoms with Crippen molar-refractivity contribution in [2.45, 2.75) is 19.3 Å². The molecule has 0 radical (unpaired) electrons. The smallest absolute Gasteiger partial charge is 0.161 e. The standard InChI is InChI=1S/C17H18O4S/c1-13(19)11-22(20,21)12-15-4-8-17(9-5-15)16-6-2-14(10-18)3-7-16/h2-9,18H,10-12H2,1H3. The van der Waals surface area contributed by atoms with Crippen molar-refractivity contribution in [1.82, 2.24) is 0 Å². The first-order valence-electron chi connectivity index (χ1n) is 6.88. The van der Waals surface area contributed by atoms with Crippen LogP contribution in [0.25, 0.3) is 11.1 Å². The molecule has 2 rings (SSSR count). The number of aliphatic hydroxyl groups excluding tert-OH is 1. The maximum absolute atomic E-state index is 11.8. The van der Waals surface area contributed by atoms with E-state index in [1.807, 2.05) is 36.4 Å². The molecule has 0 heterocycles. The SMILES string of the molecule is CC(=O)CS(=O)(=O)Cc1ccc(-c2ccc(CO)cc2)cc1. The summed E-state index contributed by atoms with van der Waals surface area (Å²) in [6.45, 7) is 1.28. The van der Waals surface area contributed by atoms with Gasteiger partial charge in [-0.05, 0) is 29.2 Å². The molecule has 4 nitrogen and oxygen atoms in total. The largest absolute Gasteiger partial charge is 0.392 e. The summed E-state index contributed by atoms with van der Waals surface area (Å²) in [5.74, 6) is -0.895. The number of Topliss-reactive ketones (excluding diaryl/α,β-unsaturated/α-hetero) is 1. The van der Waals surface area contributed by atoms with Crippen LogP contribution in [-0.2, 0) is 27.0 Å². The van der Waals surface area contributed by atoms with Crippen LogP contribution in [-0.4, -0.2) is 25.1 Å². The molecule has 0 bridgehead atoms. The van der Waals surface area contributed by atoms with E-state index in [1.54, 1.807) is 12.1 Å². The molecule has 0 unspecified atom stereocenters. The Kier molecular flexibility index (Phi) is 5.11. The van der Waals surface area contributed by atoms with Crippen molar-refractivity contribution in [3.05, 3.63) is 59.7 Å². The first-order valence-corrected chi connectivity index (χ1v) is 8.71. The molecule has 0 aromatic heterocycles. The second-order valence-electron chi connectivity index (χ2n) is 5.29. The number of ketones is 1. The van der Waals surface area contributed by atoms with E-state index in [0.29, 0.717) is 5.56 Å². The summed E-state index contributed by atoms with van der Waals surface area (Å²) in [6, 6.07) is 14.7. The van der Waals surface area contributed by atoms with Crippen LogP contribution in [0.5, 0.6) is 0 Å². The average Bonchev–Trinajstić information content (AvgIpc) is 2.46. The van der Waals surface area contributed by atoms with E-state index in [0.717, 1.165) is 16.7 Å². The number of hydrogen-bond donors (Lipinski definition) is 1. The Morgan fingerprint density at radius 1 is 0.909 bits per heavy atom. The van der Waals surface area contributed by atoms with Gasteiger partial charge < -0.3 is 5.11 Å². The van der Waals surface area contributed by atoms with Gasteiger partial charge >= 0.3 is 0 Å². The second-order valence-corrected chi connectivity index (χ2v) is 7.35. The van der Waals surface area contributed by atoms with E-state index >= 15 is 0 Å². The molecule has 0 amide bonds. The summed E-state index contributed by atoms with van der Waals surface area (Å²) in [4.78, 5) is 10.9. The number of benzene rings is 2. The second kappa shape index (κ2) is 6.85. The Balaban J connectivity index is 2.14. The van der Waals surface area contributed by atoms with Crippen molar-refractivity contribution in [2.75, 3.05) is 5.75 Å². The molecule has 1 N–H and O–H groups in total. The lowest BCUT2D eigenvalue weighted by Gasteiger charge is -2.06. The zero-order valence-electron chi connectivity index (χ0n) is 12.3. The molecule has 5 heteroatoms. The summed E-state index contributed by atoms with van der Waals surface area (Å²) in [7, 11) is -3.40. The Labute approximate surface area is 130 Å². The third-order valence-electron chi connectivity index (χ3n) is 3.23. The zero-order chi connectivity index (χ0) is 16.2. The predicted octanol–water partition coefficient (Wildman–Crippen LogP) is 2.35. The van der Waals surface area contributed by atoms with E-state index in [2.05, 4.69) is 0 Å². The molecular formula is C17H18O4S. The number of rotatable bonds is 6. The fourth-order valence-corrected chi connectivity index (χ4v) is 3.63. The molecule has 0 aliphatic heterocycles. The fourth-order valence-electron chi connectivity index (χ4n) is 2.21. The van der Waals surface area contributed by atoms with Gasteiger partial charge in [-0.2, -0.15) is 0 Å². The highest BCUT2D eigenvalue weighted by Gasteiger charge is 2.14. The maximum Gasteiger partial charge on any atom is 0.161 e. The number of hydrogen-bond acceptors (Lipinski definition) is 4. The number of carbonyl (C=O) groups excluding carboxylic acids is 1. The minimum absolute atomic E-state index is 0.00717. The van der Waals surface area contributed by atoms with Gasteiger partial charge in [-0.1, -0.05) is 48.5 Å². The first kappa shape index (κ1) is 16.4. The zero-order valence-corrected chi connectivity index (χ0v) is 13.1. The van der Waals surface area contributed by atoms with E-state index < -0.39 is 15.6 Å². The Hall–Kier alpha value is -1.98. The van der Waals surface area contributed by atoms with Crippen molar-refractivity contribution in [3.8, 4) is 11.1 Å². The lowest BCUT2D eigenvalue weighted by atomic mass is 10.0. The average molecular weight is 318 g/mol. The van der Waals surface area contributed by atoms with Crippen LogP contribution >= 0.6 is 0 Å². The molecule has 0 aliphatic carbocycles. The summed E-state index contributed by atoms with van der Waals surface area (Å²) in [6.07, 6.45) is 0. The van der Waals surface area contributed by atoms with Crippen molar-refractivity contribution in [1.29, 1.82) is 0 Å². The van der Waals surface area contributed by atoms with Gasteiger partial charge in [-0.15, -0.1) is 0 Å². The van der Waals surface area contributed by atoms with Gasteiger partial charge in [0.15, 0.2) is 9.84 Å². The van der Waals surface area contributed by atoms with Gasteiger partial charge in [-0.3, -0.25) is 4.79 Å². The van der Waals surface area contributed by atoms with Crippen LogP contribution in [0.1, 0.15) is 18.1 Å². The van der Waals surface area contributed by atoms with Gasteiger partial charge in [0.1, 0.15) is 11.5 Å². The number of carbonyl (C=O) groups is 1. The molecule has 0 saturated carbocycles. The monoisotopic (exact) mass is 318 g/mol. The molecule has 0 fully saturated rings. The van der Waals surface area contributed by atoms with Crippen molar-refractivity contribution < 1.29 is 18.3 Å². The predicted molar refractivity (Wildman–Crippen MR) is 86.0 cm³/mol. The molecule has 0 saturated heterocycles. The van der Waals surface area contributed by atoms with Gasteiger partial charge in [0.2, 0.25) is 0 Å². The highest BCUT2D eigenvalue weighted by molar-refractivity contribution is 7.91. The van der Waals surface area contributed by atoms with Crippen molar-refractivity contribution in [3.63, 3.8) is 0 Å². The topological polar surface area (TPSA) is 71.4 Å². The first-order chi connectivity index (χ1) is 10.4. The minimum atomic E-state index is -3.40. The summed E-state index contributed by atoms with van der Waals surface area (Å²) in [5, 5.41) is 9.03. The van der Waals surface area contributed by atoms with Crippen LogP contribution in [0.3, 0.4) is 0 Å². The lowest BCUT2D eigenvalue weighted by Crippen LogP contribution is -2.15. The third-order valence-corrected chi connectivity index (χ3v) is 4.85. The minimum Gasteiger partial charge on any atom is -0.392 e. The number of aliphatic hydroxyl groups is 1. The molecule has 0 spiro atoms. The van der Waals surface area contributed by atoms with E-state index in [9.17, 15) is 13.2 Å². The molecule has 0 aliphatic rings. The lowest BCUT2D eigenvalue weighted by molar-refractivity contribution is -0.114. The van der Waals surface area contributed by atoms with Crippen LogP contribution in [0.2, 0.25) is 0 Å². The quantitative estimate of drug-likeness (QED) is 0.887. The highest BCUT2D eigenvalue weighted by Crippen LogP contribution is 2.21. The van der Waals surface area contributed by atoms with Gasteiger partial charge in [0, 0.05) is 0 Å². The van der Waals surface area contributed by atoms with Gasteiger partial charge in [-0.25, -0.2) is 8.42 Å². The molecule has 2 aromatic rings. The van der Waals surface area contributed by atoms with Crippen LogP contribution in [0.4, 0.5) is 0 Å². The van der Waals surface area contributed by atoms with Gasteiger partial charge in [0.25, 0.3) is 0 Å². The fraction of sp³-hybridized carbons (Fsp3) is 0.235. The summed E-state index contributed by atoms with van der Waals surface area (Å²) >= 11 is 0. The number of sulfone groups is 1. The molecule has 0 atom stereocenters. The Morgan fingerprint density at radius 3 is 1.77 bits per heavy atom. The molecule has 116 valence electrons. The van der Waals surface area contributed by atoms with E-state index in [-0.39, 0.29) is 18.1 Å². The van der Waals surface area contributed by atoms with Crippen LogP contribution < -0.4 is 0 Å². The molecular weight excluding hydrogens is 300 g/mol. The molecule has 2 aromatic carbocycles. The summed E-state index contributed by atoms with van der Waals surface area (Å²) in [5.41, 5.74) is 3.47. The van der Waals surface area contributed by atoms with E-state index in [1.165, 1.54) is 6.92 Å². The van der Waals surface area contributed by atoms with Crippen LogP contribution in [0, 0.1) is 0 Å². The maximum atomic E-state index is 11.8. The van der Waals surface area contributed by atoms with Gasteiger partial charge in [0.05, 0.1) is 12.4 Å². The van der Waals surface area contributed by atoms with Crippen LogP contribution in [0.15, 0.2) is 48.5 Å². The van der Waals surface area contributed by atoms with Crippen molar-refractivity contribution >= 4 is 15.6 Å². The van der Waals surface area contributed by atoms with Crippen molar-refractivity contribution in [2.24, 2.45) is 0 Å². The normalized spacial score (nSPS) is 11.4. The Morgan fingerprint density at radius 2 is 1.36 bits per heavy atom. The Bertz CT molecular complexity index is 744. The third kappa shape index (κ3) is 4.51. The summed E-state index contributed by atoms with van der Waals surface area (Å²) < 4.78 is 23.6. The molecule has 22 heavy (non-hydrogen) atoms. The van der Waals surface area contributed by atoms with E-state index in [4.69, 9.17) is 5.11 Å². The highest BCUT2D eigenvalue weighted by atomic mass is 32.2.